The molecule has 1 heterocycles. The molecule has 3 nitrogen and oxygen atoms in total. The first-order valence-electron chi connectivity index (χ1n) is 5.27. The van der Waals surface area contributed by atoms with Crippen LogP contribution in [0.4, 0.5) is 5.82 Å². The van der Waals surface area contributed by atoms with E-state index in [2.05, 4.69) is 29.1 Å². The monoisotopic (exact) mass is 193 g/mol. The lowest BCUT2D eigenvalue weighted by Gasteiger charge is -2.10. The van der Waals surface area contributed by atoms with Crippen LogP contribution in [-0.2, 0) is 6.42 Å². The summed E-state index contributed by atoms with van der Waals surface area (Å²) in [7, 11) is 0. The Bertz CT molecular complexity index is 276. The predicted molar refractivity (Wildman–Crippen MR) is 59.7 cm³/mol. The van der Waals surface area contributed by atoms with E-state index < -0.39 is 0 Å². The second-order valence-corrected chi connectivity index (χ2v) is 3.47. The maximum atomic E-state index is 4.56. The molecule has 0 saturated carbocycles. The Balaban J connectivity index is 2.97. The Hall–Kier alpha value is -1.12. The minimum Gasteiger partial charge on any atom is -0.369 e. The molecule has 0 atom stereocenters. The summed E-state index contributed by atoms with van der Waals surface area (Å²) < 4.78 is 0. The maximum Gasteiger partial charge on any atom is 0.147 e. The summed E-state index contributed by atoms with van der Waals surface area (Å²) in [5.74, 6) is 0.921. The number of nitrogens with zero attached hydrogens (tertiary/aromatic N) is 2. The van der Waals surface area contributed by atoms with E-state index in [-0.39, 0.29) is 0 Å². The van der Waals surface area contributed by atoms with Crippen molar-refractivity contribution in [2.75, 3.05) is 11.9 Å². The van der Waals surface area contributed by atoms with E-state index in [0.29, 0.717) is 0 Å². The summed E-state index contributed by atoms with van der Waals surface area (Å²) in [6.07, 6.45) is 2.14. The SMILES string of the molecule is CCCc1nc(C)c(NCC)nc1C. The molecule has 1 rings (SSSR count). The minimum absolute atomic E-state index is 0.891. The highest BCUT2D eigenvalue weighted by Crippen LogP contribution is 2.13. The zero-order valence-electron chi connectivity index (χ0n) is 9.52. The van der Waals surface area contributed by atoms with Gasteiger partial charge in [-0.2, -0.15) is 0 Å². The van der Waals surface area contributed by atoms with Crippen molar-refractivity contribution in [2.24, 2.45) is 0 Å². The lowest BCUT2D eigenvalue weighted by molar-refractivity contribution is 0.841. The van der Waals surface area contributed by atoms with E-state index >= 15 is 0 Å². The van der Waals surface area contributed by atoms with E-state index in [9.17, 15) is 0 Å². The molecule has 3 heteroatoms. The fraction of sp³-hybridized carbons (Fsp3) is 0.636. The van der Waals surface area contributed by atoms with Gasteiger partial charge in [0.05, 0.1) is 17.1 Å². The van der Waals surface area contributed by atoms with Gasteiger partial charge in [-0.15, -0.1) is 0 Å². The molecule has 0 fully saturated rings. The van der Waals surface area contributed by atoms with Gasteiger partial charge in [-0.1, -0.05) is 13.3 Å². The van der Waals surface area contributed by atoms with Crippen LogP contribution in [0.5, 0.6) is 0 Å². The first-order valence-corrected chi connectivity index (χ1v) is 5.27. The Morgan fingerprint density at radius 3 is 2.36 bits per heavy atom. The van der Waals surface area contributed by atoms with E-state index in [1.54, 1.807) is 0 Å². The summed E-state index contributed by atoms with van der Waals surface area (Å²) in [5.41, 5.74) is 3.18. The smallest absolute Gasteiger partial charge is 0.147 e. The van der Waals surface area contributed by atoms with Crippen LogP contribution in [0.3, 0.4) is 0 Å². The standard InChI is InChI=1S/C11H19N3/c1-5-7-10-8(3)14-11(12-6-2)9(4)13-10/h5-7H2,1-4H3,(H,12,14). The molecule has 0 amide bonds. The van der Waals surface area contributed by atoms with Crippen molar-refractivity contribution in [1.82, 2.24) is 9.97 Å². The van der Waals surface area contributed by atoms with Crippen LogP contribution in [-0.4, -0.2) is 16.5 Å². The normalized spacial score (nSPS) is 10.3. The van der Waals surface area contributed by atoms with Gasteiger partial charge in [0.25, 0.3) is 0 Å². The molecule has 14 heavy (non-hydrogen) atoms. The van der Waals surface area contributed by atoms with Gasteiger partial charge in [-0.3, -0.25) is 4.98 Å². The molecule has 1 aromatic heterocycles. The van der Waals surface area contributed by atoms with Crippen LogP contribution < -0.4 is 5.32 Å². The number of rotatable bonds is 4. The minimum atomic E-state index is 0.891. The lowest BCUT2D eigenvalue weighted by atomic mass is 10.2. The molecular formula is C11H19N3. The predicted octanol–water partition coefficient (Wildman–Crippen LogP) is 2.48. The molecule has 0 saturated heterocycles. The highest BCUT2D eigenvalue weighted by atomic mass is 15.0. The van der Waals surface area contributed by atoms with Crippen LogP contribution in [0.15, 0.2) is 0 Å². The number of anilines is 1. The Morgan fingerprint density at radius 1 is 1.07 bits per heavy atom. The zero-order valence-corrected chi connectivity index (χ0v) is 9.52. The van der Waals surface area contributed by atoms with Crippen LogP contribution in [0.1, 0.15) is 37.4 Å². The Morgan fingerprint density at radius 2 is 1.79 bits per heavy atom. The second kappa shape index (κ2) is 4.94. The van der Waals surface area contributed by atoms with E-state index in [1.165, 1.54) is 0 Å². The number of hydrogen-bond donors (Lipinski definition) is 1. The molecule has 0 aliphatic carbocycles. The fourth-order valence-electron chi connectivity index (χ4n) is 1.46. The van der Waals surface area contributed by atoms with Gasteiger partial charge in [-0.25, -0.2) is 4.98 Å². The average Bonchev–Trinajstić information content (AvgIpc) is 2.14. The number of aromatic nitrogens is 2. The molecule has 1 N–H and O–H groups in total. The van der Waals surface area contributed by atoms with Gasteiger partial charge < -0.3 is 5.32 Å². The van der Waals surface area contributed by atoms with Gasteiger partial charge in [0.1, 0.15) is 5.82 Å². The first kappa shape index (κ1) is 11.0. The van der Waals surface area contributed by atoms with E-state index in [1.807, 2.05) is 13.8 Å². The third-order valence-electron chi connectivity index (χ3n) is 2.17. The average molecular weight is 193 g/mol. The van der Waals surface area contributed by atoms with Gasteiger partial charge in [-0.05, 0) is 27.2 Å². The van der Waals surface area contributed by atoms with E-state index in [4.69, 9.17) is 0 Å². The lowest BCUT2D eigenvalue weighted by Crippen LogP contribution is -2.07. The van der Waals surface area contributed by atoms with Crippen molar-refractivity contribution >= 4 is 5.82 Å². The highest BCUT2D eigenvalue weighted by Gasteiger charge is 2.06. The molecule has 0 spiro atoms. The largest absolute Gasteiger partial charge is 0.369 e. The molecule has 0 aromatic carbocycles. The van der Waals surface area contributed by atoms with Crippen LogP contribution in [0.25, 0.3) is 0 Å². The third kappa shape index (κ3) is 2.44. The molecule has 78 valence electrons. The van der Waals surface area contributed by atoms with Crippen molar-refractivity contribution in [1.29, 1.82) is 0 Å². The quantitative estimate of drug-likeness (QED) is 0.798. The summed E-state index contributed by atoms with van der Waals surface area (Å²) >= 11 is 0. The number of aryl methyl sites for hydroxylation is 3. The topological polar surface area (TPSA) is 37.8 Å². The molecule has 0 unspecified atom stereocenters. The number of hydrogen-bond acceptors (Lipinski definition) is 3. The zero-order chi connectivity index (χ0) is 10.6. The third-order valence-corrected chi connectivity index (χ3v) is 2.17. The first-order chi connectivity index (χ1) is 6.69. The van der Waals surface area contributed by atoms with Gasteiger partial charge >= 0.3 is 0 Å². The summed E-state index contributed by atoms with van der Waals surface area (Å²) in [5, 5.41) is 3.21. The summed E-state index contributed by atoms with van der Waals surface area (Å²) in [6, 6.07) is 0. The second-order valence-electron chi connectivity index (χ2n) is 3.47. The number of nitrogens with one attached hydrogen (secondary N) is 1. The molecule has 0 aliphatic heterocycles. The van der Waals surface area contributed by atoms with E-state index in [0.717, 1.165) is 42.3 Å². The van der Waals surface area contributed by atoms with Crippen molar-refractivity contribution in [3.05, 3.63) is 17.1 Å². The Labute approximate surface area is 86.0 Å². The summed E-state index contributed by atoms with van der Waals surface area (Å²) in [6.45, 7) is 9.15. The highest BCUT2D eigenvalue weighted by molar-refractivity contribution is 5.40. The van der Waals surface area contributed by atoms with Gasteiger partial charge in [0, 0.05) is 6.54 Å². The van der Waals surface area contributed by atoms with Crippen molar-refractivity contribution in [3.63, 3.8) is 0 Å². The summed E-state index contributed by atoms with van der Waals surface area (Å²) in [4.78, 5) is 9.06. The molecule has 0 aliphatic rings. The molecule has 0 radical (unpaired) electrons. The fourth-order valence-corrected chi connectivity index (χ4v) is 1.46. The van der Waals surface area contributed by atoms with Crippen molar-refractivity contribution in [2.45, 2.75) is 40.5 Å². The van der Waals surface area contributed by atoms with Crippen LogP contribution in [0, 0.1) is 13.8 Å². The molecular weight excluding hydrogens is 174 g/mol. The van der Waals surface area contributed by atoms with Crippen LogP contribution in [0.2, 0.25) is 0 Å². The van der Waals surface area contributed by atoms with Crippen LogP contribution >= 0.6 is 0 Å². The van der Waals surface area contributed by atoms with Gasteiger partial charge in [0.2, 0.25) is 0 Å². The molecule has 1 aromatic rings. The molecule has 0 bridgehead atoms. The maximum absolute atomic E-state index is 4.56. The Kier molecular flexibility index (Phi) is 3.86. The van der Waals surface area contributed by atoms with Crippen molar-refractivity contribution in [3.8, 4) is 0 Å². The van der Waals surface area contributed by atoms with Crippen molar-refractivity contribution < 1.29 is 0 Å². The van der Waals surface area contributed by atoms with Gasteiger partial charge in [0.15, 0.2) is 0 Å².